The third kappa shape index (κ3) is 2.56. The molecule has 6 nitrogen and oxygen atoms in total. The molecular weight excluding hydrogens is 290 g/mol. The highest BCUT2D eigenvalue weighted by Crippen LogP contribution is 2.36. The smallest absolute Gasteiger partial charge is 0.345 e. The second kappa shape index (κ2) is 5.86. The Labute approximate surface area is 123 Å². The SMILES string of the molecule is O=C(O[Si])C(O)(c1ccccc1)c1ccccc1[N+](=O)[O-]. The molecule has 2 aromatic rings. The van der Waals surface area contributed by atoms with Gasteiger partial charge < -0.3 is 9.53 Å². The summed E-state index contributed by atoms with van der Waals surface area (Å²) in [5.41, 5.74) is -2.65. The summed E-state index contributed by atoms with van der Waals surface area (Å²) in [5.74, 6) is -1.07. The van der Waals surface area contributed by atoms with Crippen molar-refractivity contribution in [3.63, 3.8) is 0 Å². The van der Waals surface area contributed by atoms with Gasteiger partial charge in [0.2, 0.25) is 5.60 Å². The molecule has 0 aliphatic heterocycles. The number of rotatable bonds is 4. The van der Waals surface area contributed by atoms with Crippen molar-refractivity contribution in [1.82, 2.24) is 0 Å². The van der Waals surface area contributed by atoms with E-state index in [-0.39, 0.29) is 16.8 Å². The minimum Gasteiger partial charge on any atom is -0.513 e. The first-order chi connectivity index (χ1) is 10.0. The molecule has 0 amide bonds. The van der Waals surface area contributed by atoms with Gasteiger partial charge in [-0.25, -0.2) is 4.79 Å². The number of nitrogens with zero attached hydrogens (tertiary/aromatic N) is 1. The van der Waals surface area contributed by atoms with Gasteiger partial charge in [-0.15, -0.1) is 0 Å². The lowest BCUT2D eigenvalue weighted by Gasteiger charge is -2.26. The highest BCUT2D eigenvalue weighted by molar-refractivity contribution is 6.08. The van der Waals surface area contributed by atoms with Crippen LogP contribution in [0.5, 0.6) is 0 Å². The molecule has 0 spiro atoms. The summed E-state index contributed by atoms with van der Waals surface area (Å²) in [6, 6.07) is 13.4. The van der Waals surface area contributed by atoms with Crippen LogP contribution in [0.1, 0.15) is 11.1 Å². The Bertz CT molecular complexity index is 676. The summed E-state index contributed by atoms with van der Waals surface area (Å²) >= 11 is 0. The van der Waals surface area contributed by atoms with Crippen molar-refractivity contribution in [3.8, 4) is 0 Å². The van der Waals surface area contributed by atoms with Crippen LogP contribution in [0.25, 0.3) is 0 Å². The predicted octanol–water partition coefficient (Wildman–Crippen LogP) is 1.46. The minimum atomic E-state index is -2.29. The third-order valence-electron chi connectivity index (χ3n) is 3.07. The van der Waals surface area contributed by atoms with Crippen LogP contribution in [0.3, 0.4) is 0 Å². The highest BCUT2D eigenvalue weighted by Gasteiger charge is 2.45. The first-order valence-corrected chi connectivity index (χ1v) is 6.32. The Morgan fingerprint density at radius 2 is 1.71 bits per heavy atom. The van der Waals surface area contributed by atoms with Crippen molar-refractivity contribution in [1.29, 1.82) is 0 Å². The van der Waals surface area contributed by atoms with E-state index in [0.717, 1.165) is 0 Å². The Morgan fingerprint density at radius 1 is 1.14 bits per heavy atom. The molecule has 1 atom stereocenters. The number of carbonyl (C=O) groups is 1. The van der Waals surface area contributed by atoms with Crippen LogP contribution < -0.4 is 0 Å². The van der Waals surface area contributed by atoms with Gasteiger partial charge in [-0.2, -0.15) is 0 Å². The molecule has 105 valence electrons. The number of carbonyl (C=O) groups excluding carboxylic acids is 1. The monoisotopic (exact) mass is 300 g/mol. The molecule has 0 saturated heterocycles. The molecule has 0 aromatic heterocycles. The zero-order valence-electron chi connectivity index (χ0n) is 10.7. The molecule has 1 unspecified atom stereocenters. The van der Waals surface area contributed by atoms with Crippen LogP contribution >= 0.6 is 0 Å². The van der Waals surface area contributed by atoms with Crippen LogP contribution in [0.2, 0.25) is 0 Å². The van der Waals surface area contributed by atoms with Crippen molar-refractivity contribution in [3.05, 3.63) is 75.8 Å². The first kappa shape index (κ1) is 14.9. The fourth-order valence-corrected chi connectivity index (χ4v) is 2.22. The normalized spacial score (nSPS) is 13.2. The number of hydrogen-bond acceptors (Lipinski definition) is 5. The molecule has 0 aliphatic carbocycles. The van der Waals surface area contributed by atoms with E-state index in [0.29, 0.717) is 0 Å². The van der Waals surface area contributed by atoms with Gasteiger partial charge >= 0.3 is 16.5 Å². The summed E-state index contributed by atoms with van der Waals surface area (Å²) in [6.45, 7) is 0. The minimum absolute atomic E-state index is 0.163. The van der Waals surface area contributed by atoms with E-state index >= 15 is 0 Å². The maximum Gasteiger partial charge on any atom is 0.345 e. The predicted molar refractivity (Wildman–Crippen MR) is 74.4 cm³/mol. The Kier molecular flexibility index (Phi) is 4.15. The summed E-state index contributed by atoms with van der Waals surface area (Å²) in [6.07, 6.45) is 0. The lowest BCUT2D eigenvalue weighted by molar-refractivity contribution is -0.386. The van der Waals surface area contributed by atoms with Gasteiger partial charge in [0.1, 0.15) is 0 Å². The molecule has 3 radical (unpaired) electrons. The average Bonchev–Trinajstić information content (AvgIpc) is 2.54. The van der Waals surface area contributed by atoms with E-state index in [4.69, 9.17) is 0 Å². The average molecular weight is 300 g/mol. The number of hydrogen-bond donors (Lipinski definition) is 1. The van der Waals surface area contributed by atoms with E-state index in [1.165, 1.54) is 36.4 Å². The van der Waals surface area contributed by atoms with Crippen LogP contribution in [0.15, 0.2) is 54.6 Å². The molecule has 2 rings (SSSR count). The summed E-state index contributed by atoms with van der Waals surface area (Å²) in [4.78, 5) is 22.5. The van der Waals surface area contributed by atoms with Gasteiger partial charge in [0.05, 0.1) is 10.5 Å². The van der Waals surface area contributed by atoms with Gasteiger partial charge in [-0.05, 0) is 11.6 Å². The maximum atomic E-state index is 12.1. The molecule has 21 heavy (non-hydrogen) atoms. The zero-order valence-corrected chi connectivity index (χ0v) is 11.7. The maximum absolute atomic E-state index is 12.1. The molecule has 7 heteroatoms. The Balaban J connectivity index is 2.74. The van der Waals surface area contributed by atoms with Gasteiger partial charge in [0.25, 0.3) is 5.69 Å². The van der Waals surface area contributed by atoms with Crippen LogP contribution in [-0.4, -0.2) is 26.5 Å². The Hall–Kier alpha value is -2.51. The van der Waals surface area contributed by atoms with Gasteiger partial charge in [0.15, 0.2) is 0 Å². The number of para-hydroxylation sites is 1. The van der Waals surface area contributed by atoms with Crippen molar-refractivity contribution in [2.75, 3.05) is 0 Å². The van der Waals surface area contributed by atoms with Crippen molar-refractivity contribution < 1.29 is 19.3 Å². The van der Waals surface area contributed by atoms with Gasteiger partial charge in [0, 0.05) is 6.07 Å². The second-order valence-electron chi connectivity index (χ2n) is 4.24. The summed E-state index contributed by atoms with van der Waals surface area (Å²) in [7, 11) is 2.58. The molecule has 0 aliphatic rings. The molecule has 0 bridgehead atoms. The van der Waals surface area contributed by atoms with Crippen molar-refractivity contribution >= 4 is 22.1 Å². The van der Waals surface area contributed by atoms with Gasteiger partial charge in [-0.3, -0.25) is 10.1 Å². The zero-order chi connectivity index (χ0) is 15.5. The molecule has 0 fully saturated rings. The largest absolute Gasteiger partial charge is 0.513 e. The first-order valence-electron chi connectivity index (χ1n) is 5.91. The molecular formula is C14H10NO5Si. The molecule has 0 saturated carbocycles. The number of nitro groups is 1. The molecule has 2 aromatic carbocycles. The van der Waals surface area contributed by atoms with Crippen molar-refractivity contribution in [2.45, 2.75) is 5.60 Å². The molecule has 0 heterocycles. The third-order valence-corrected chi connectivity index (χ3v) is 3.26. The highest BCUT2D eigenvalue weighted by atomic mass is 28.2. The standard InChI is InChI=1S/C14H10NO5Si/c16-13(20-21)14(17,10-6-2-1-3-7-10)11-8-4-5-9-12(11)15(18)19/h1-9,17H. The van der Waals surface area contributed by atoms with E-state index in [1.54, 1.807) is 18.2 Å². The summed E-state index contributed by atoms with van der Waals surface area (Å²) < 4.78 is 4.45. The number of benzene rings is 2. The van der Waals surface area contributed by atoms with Crippen LogP contribution in [0, 0.1) is 10.1 Å². The lowest BCUT2D eigenvalue weighted by atomic mass is 9.85. The quantitative estimate of drug-likeness (QED) is 0.524. The summed E-state index contributed by atoms with van der Waals surface area (Å²) in [5, 5.41) is 22.0. The van der Waals surface area contributed by atoms with Crippen molar-refractivity contribution in [2.24, 2.45) is 0 Å². The fraction of sp³-hybridized carbons (Fsp3) is 0.0714. The fourth-order valence-electron chi connectivity index (χ4n) is 2.08. The number of nitro benzene ring substituents is 1. The van der Waals surface area contributed by atoms with Gasteiger partial charge in [-0.1, -0.05) is 42.5 Å². The van der Waals surface area contributed by atoms with E-state index in [1.807, 2.05) is 0 Å². The van der Waals surface area contributed by atoms with Crippen LogP contribution in [-0.2, 0) is 14.8 Å². The topological polar surface area (TPSA) is 89.7 Å². The van der Waals surface area contributed by atoms with E-state index < -0.39 is 16.5 Å². The molecule has 1 N–H and O–H groups in total. The number of aliphatic hydroxyl groups is 1. The second-order valence-corrected chi connectivity index (χ2v) is 4.44. The van der Waals surface area contributed by atoms with Crippen LogP contribution in [0.4, 0.5) is 5.69 Å². The van der Waals surface area contributed by atoms with E-state index in [2.05, 4.69) is 14.9 Å². The Morgan fingerprint density at radius 3 is 2.29 bits per heavy atom. The lowest BCUT2D eigenvalue weighted by Crippen LogP contribution is -2.38. The van der Waals surface area contributed by atoms with E-state index in [9.17, 15) is 20.0 Å².